The minimum atomic E-state index is -0.190. The lowest BCUT2D eigenvalue weighted by molar-refractivity contribution is 0.0526. The van der Waals surface area contributed by atoms with Gasteiger partial charge >= 0.3 is 5.97 Å². The first-order valence-corrected chi connectivity index (χ1v) is 10.00. The van der Waals surface area contributed by atoms with Crippen LogP contribution in [0.4, 0.5) is 0 Å². The van der Waals surface area contributed by atoms with Crippen molar-refractivity contribution in [2.45, 2.75) is 63.7 Å². The van der Waals surface area contributed by atoms with E-state index in [0.717, 1.165) is 17.8 Å². The number of ether oxygens (including phenoxy) is 1. The number of hydrogen-bond donors (Lipinski definition) is 0. The van der Waals surface area contributed by atoms with Gasteiger partial charge in [-0.1, -0.05) is 37.8 Å². The fourth-order valence-electron chi connectivity index (χ4n) is 6.90. The molecule has 5 rings (SSSR count). The van der Waals surface area contributed by atoms with Crippen molar-refractivity contribution in [2.75, 3.05) is 6.61 Å². The molecule has 4 saturated carbocycles. The second kappa shape index (κ2) is 5.09. The molecule has 2 nitrogen and oxygen atoms in total. The third-order valence-electron chi connectivity index (χ3n) is 7.83. The van der Waals surface area contributed by atoms with E-state index in [0.29, 0.717) is 23.0 Å². The smallest absolute Gasteiger partial charge is 0.338 e. The van der Waals surface area contributed by atoms with Crippen molar-refractivity contribution in [3.63, 3.8) is 0 Å². The van der Waals surface area contributed by atoms with Crippen LogP contribution in [0.15, 0.2) is 24.3 Å². The third-order valence-corrected chi connectivity index (χ3v) is 7.83. The van der Waals surface area contributed by atoms with E-state index >= 15 is 0 Å². The maximum absolute atomic E-state index is 11.9. The van der Waals surface area contributed by atoms with Crippen molar-refractivity contribution < 1.29 is 9.53 Å². The lowest BCUT2D eigenvalue weighted by Gasteiger charge is -2.18. The predicted molar refractivity (Wildman–Crippen MR) is 93.9 cm³/mol. The molecule has 4 aliphatic rings. The van der Waals surface area contributed by atoms with E-state index in [1.807, 2.05) is 19.1 Å². The van der Waals surface area contributed by atoms with Crippen LogP contribution < -0.4 is 0 Å². The number of carbonyl (C=O) groups is 1. The van der Waals surface area contributed by atoms with Gasteiger partial charge in [0.1, 0.15) is 0 Å². The van der Waals surface area contributed by atoms with E-state index in [-0.39, 0.29) is 5.97 Å². The van der Waals surface area contributed by atoms with Gasteiger partial charge in [0.15, 0.2) is 0 Å². The molecule has 5 atom stereocenters. The Bertz CT molecular complexity index is 663. The van der Waals surface area contributed by atoms with Crippen molar-refractivity contribution in [1.82, 2.24) is 0 Å². The lowest BCUT2D eigenvalue weighted by Crippen LogP contribution is -2.13. The van der Waals surface area contributed by atoms with Gasteiger partial charge in [0, 0.05) is 5.41 Å². The summed E-state index contributed by atoms with van der Waals surface area (Å²) in [7, 11) is 0. The van der Waals surface area contributed by atoms with Crippen molar-refractivity contribution in [3.8, 4) is 0 Å². The number of benzene rings is 1. The highest BCUT2D eigenvalue weighted by atomic mass is 16.5. The summed E-state index contributed by atoms with van der Waals surface area (Å²) in [6.07, 6.45) is 11.7. The molecule has 0 N–H and O–H groups in total. The summed E-state index contributed by atoms with van der Waals surface area (Å²) in [4.78, 5) is 11.9. The molecule has 0 aliphatic heterocycles. The van der Waals surface area contributed by atoms with Crippen molar-refractivity contribution >= 4 is 5.97 Å². The first-order chi connectivity index (χ1) is 11.7. The summed E-state index contributed by atoms with van der Waals surface area (Å²) in [5.74, 6) is 2.68. The first kappa shape index (κ1) is 15.0. The molecule has 2 heteroatoms. The van der Waals surface area contributed by atoms with Crippen LogP contribution in [0.1, 0.15) is 74.2 Å². The quantitative estimate of drug-likeness (QED) is 0.722. The van der Waals surface area contributed by atoms with Gasteiger partial charge in [0.25, 0.3) is 0 Å². The first-order valence-electron chi connectivity index (χ1n) is 10.00. The van der Waals surface area contributed by atoms with Gasteiger partial charge in [-0.25, -0.2) is 4.79 Å². The zero-order valence-corrected chi connectivity index (χ0v) is 14.7. The average molecular weight is 324 g/mol. The molecule has 0 aromatic heterocycles. The highest BCUT2D eigenvalue weighted by Gasteiger charge is 2.83. The zero-order valence-electron chi connectivity index (χ0n) is 14.7. The van der Waals surface area contributed by atoms with E-state index in [1.54, 1.807) is 0 Å². The standard InChI is InChI=1S/C22H28O2/c1-2-24-20(23)15-8-10-16(11-9-15)22-14-17(22)13-21-12-6-4-3-5-7-18(21)19(21)22/h8-11,17-19H,2-7,12-14H2,1H3/t17-,18-,19+,21?,22-/m0/s1. The van der Waals surface area contributed by atoms with Crippen LogP contribution in [-0.4, -0.2) is 12.6 Å². The van der Waals surface area contributed by atoms with Crippen LogP contribution >= 0.6 is 0 Å². The van der Waals surface area contributed by atoms with E-state index in [1.165, 1.54) is 56.9 Å². The van der Waals surface area contributed by atoms with Gasteiger partial charge in [-0.05, 0) is 73.5 Å². The molecule has 1 spiro atoms. The van der Waals surface area contributed by atoms with Crippen LogP contribution in [0.5, 0.6) is 0 Å². The Morgan fingerprint density at radius 1 is 1.12 bits per heavy atom. The van der Waals surface area contributed by atoms with Gasteiger partial charge < -0.3 is 4.74 Å². The second-order valence-electron chi connectivity index (χ2n) is 8.71. The molecule has 0 saturated heterocycles. The fourth-order valence-corrected chi connectivity index (χ4v) is 6.90. The summed E-state index contributed by atoms with van der Waals surface area (Å²) < 4.78 is 5.12. The second-order valence-corrected chi connectivity index (χ2v) is 8.71. The molecule has 0 bridgehead atoms. The Balaban J connectivity index is 1.41. The fraction of sp³-hybridized carbons (Fsp3) is 0.682. The molecule has 0 amide bonds. The van der Waals surface area contributed by atoms with E-state index in [4.69, 9.17) is 4.74 Å². The normalized spacial score (nSPS) is 42.1. The van der Waals surface area contributed by atoms with Crippen molar-refractivity contribution in [3.05, 3.63) is 35.4 Å². The molecule has 128 valence electrons. The SMILES string of the molecule is CCOC(=O)c1ccc([C@@]23C[C@@H]2CC24CCCCCC[C@H]2[C@H]43)cc1. The maximum atomic E-state index is 11.9. The summed E-state index contributed by atoms with van der Waals surface area (Å²) in [6.45, 7) is 2.30. The van der Waals surface area contributed by atoms with Crippen LogP contribution in [-0.2, 0) is 10.2 Å². The Labute approximate surface area is 145 Å². The molecule has 4 aliphatic carbocycles. The minimum Gasteiger partial charge on any atom is -0.462 e. The number of esters is 1. The molecule has 0 radical (unpaired) electrons. The predicted octanol–water partition coefficient (Wildman–Crippen LogP) is 5.11. The summed E-state index contributed by atoms with van der Waals surface area (Å²) in [5, 5.41) is 0. The molecule has 1 unspecified atom stereocenters. The highest BCUT2D eigenvalue weighted by Crippen LogP contribution is 2.88. The summed E-state index contributed by atoms with van der Waals surface area (Å²) >= 11 is 0. The minimum absolute atomic E-state index is 0.190. The monoisotopic (exact) mass is 324 g/mol. The third kappa shape index (κ3) is 1.86. The topological polar surface area (TPSA) is 26.3 Å². The maximum Gasteiger partial charge on any atom is 0.338 e. The Morgan fingerprint density at radius 2 is 1.92 bits per heavy atom. The van der Waals surface area contributed by atoms with Crippen LogP contribution in [0.3, 0.4) is 0 Å². The van der Waals surface area contributed by atoms with E-state index in [9.17, 15) is 4.79 Å². The average Bonchev–Trinajstić information content (AvgIpc) is 3.42. The molecule has 4 fully saturated rings. The molecule has 24 heavy (non-hydrogen) atoms. The van der Waals surface area contributed by atoms with Gasteiger partial charge in [-0.15, -0.1) is 0 Å². The van der Waals surface area contributed by atoms with Gasteiger partial charge in [0.2, 0.25) is 0 Å². The summed E-state index contributed by atoms with van der Waals surface area (Å²) in [6, 6.07) is 8.45. The highest BCUT2D eigenvalue weighted by molar-refractivity contribution is 5.89. The molecule has 1 aromatic carbocycles. The number of fused-ring (bicyclic) bond motifs is 3. The largest absolute Gasteiger partial charge is 0.462 e. The zero-order chi connectivity index (χ0) is 16.4. The van der Waals surface area contributed by atoms with Crippen molar-refractivity contribution in [1.29, 1.82) is 0 Å². The Hall–Kier alpha value is -1.31. The van der Waals surface area contributed by atoms with Gasteiger partial charge in [0.05, 0.1) is 12.2 Å². The van der Waals surface area contributed by atoms with E-state index < -0.39 is 0 Å². The molecule has 0 heterocycles. The van der Waals surface area contributed by atoms with Crippen LogP contribution in [0.25, 0.3) is 0 Å². The molecule has 1 aromatic rings. The number of rotatable bonds is 3. The number of carbonyl (C=O) groups excluding carboxylic acids is 1. The Kier molecular flexibility index (Phi) is 3.18. The van der Waals surface area contributed by atoms with E-state index in [2.05, 4.69) is 12.1 Å². The molecular weight excluding hydrogens is 296 g/mol. The van der Waals surface area contributed by atoms with Crippen LogP contribution in [0.2, 0.25) is 0 Å². The van der Waals surface area contributed by atoms with Crippen molar-refractivity contribution in [2.24, 2.45) is 23.2 Å². The van der Waals surface area contributed by atoms with Gasteiger partial charge in [-0.3, -0.25) is 0 Å². The summed E-state index contributed by atoms with van der Waals surface area (Å²) in [5.41, 5.74) is 3.39. The molecular formula is C22H28O2. The lowest BCUT2D eigenvalue weighted by atomic mass is 9.87. The Morgan fingerprint density at radius 3 is 2.71 bits per heavy atom. The number of hydrogen-bond acceptors (Lipinski definition) is 2. The van der Waals surface area contributed by atoms with Gasteiger partial charge in [-0.2, -0.15) is 0 Å². The van der Waals surface area contributed by atoms with Crippen LogP contribution in [0, 0.1) is 23.2 Å².